The molecular weight excluding hydrogens is 290 g/mol. The Morgan fingerprint density at radius 1 is 1.24 bits per heavy atom. The average Bonchev–Trinajstić information content (AvgIpc) is 2.87. The van der Waals surface area contributed by atoms with Crippen molar-refractivity contribution in [1.82, 2.24) is 0 Å². The van der Waals surface area contributed by atoms with Crippen LogP contribution in [-0.4, -0.2) is 27.1 Å². The lowest BCUT2D eigenvalue weighted by Gasteiger charge is -2.17. The molecule has 1 aromatic carbocycles. The molecule has 6 nitrogen and oxygen atoms in total. The molecule has 0 radical (unpaired) electrons. The molecule has 0 heterocycles. The van der Waals surface area contributed by atoms with E-state index in [0.29, 0.717) is 17.9 Å². The van der Waals surface area contributed by atoms with Gasteiger partial charge in [-0.05, 0) is 49.6 Å². The van der Waals surface area contributed by atoms with Crippen LogP contribution in [0.25, 0.3) is 0 Å². The minimum Gasteiger partial charge on any atom is -0.330 e. The highest BCUT2D eigenvalue weighted by molar-refractivity contribution is 7.92. The highest BCUT2D eigenvalue weighted by Gasteiger charge is 2.31. The monoisotopic (exact) mass is 311 g/mol. The third-order valence-corrected chi connectivity index (χ3v) is 4.36. The van der Waals surface area contributed by atoms with Crippen molar-refractivity contribution in [2.45, 2.75) is 19.3 Å². The van der Waals surface area contributed by atoms with Crippen LogP contribution in [0.1, 0.15) is 19.3 Å². The van der Waals surface area contributed by atoms with E-state index >= 15 is 0 Å². The second-order valence-corrected chi connectivity index (χ2v) is 7.22. The Balaban J connectivity index is 1.98. The number of benzene rings is 1. The summed E-state index contributed by atoms with van der Waals surface area (Å²) in [7, 11) is -3.29. The van der Waals surface area contributed by atoms with Crippen LogP contribution in [0.4, 0.5) is 11.4 Å². The number of nitrogens with two attached hydrogens (primary N) is 1. The summed E-state index contributed by atoms with van der Waals surface area (Å²) in [6, 6.07) is 6.59. The molecule has 0 spiro atoms. The Hall–Kier alpha value is -1.60. The van der Waals surface area contributed by atoms with E-state index in [9.17, 15) is 13.2 Å². The van der Waals surface area contributed by atoms with E-state index in [-0.39, 0.29) is 17.7 Å². The number of rotatable bonds is 5. The first-order valence-electron chi connectivity index (χ1n) is 6.98. The summed E-state index contributed by atoms with van der Waals surface area (Å²) in [4.78, 5) is 12.2. The molecule has 1 amide bonds. The fourth-order valence-corrected chi connectivity index (χ4v) is 3.30. The van der Waals surface area contributed by atoms with E-state index in [1.54, 1.807) is 24.3 Å². The Morgan fingerprint density at radius 2 is 1.86 bits per heavy atom. The first-order valence-corrected chi connectivity index (χ1v) is 8.87. The molecule has 1 aliphatic rings. The summed E-state index contributed by atoms with van der Waals surface area (Å²) < 4.78 is 24.6. The summed E-state index contributed by atoms with van der Waals surface area (Å²) in [5.74, 6) is 0.228. The van der Waals surface area contributed by atoms with Gasteiger partial charge in [0, 0.05) is 17.3 Å². The standard InChI is InChI=1S/C14H21N3O3S/c1-21(19,20)17-12-7-5-11(6-8-12)16-14(18)13-4-2-3-10(13)9-15/h5-8,10,13,17H,2-4,9,15H2,1H3,(H,16,18). The van der Waals surface area contributed by atoms with Crippen molar-refractivity contribution < 1.29 is 13.2 Å². The number of hydrogen-bond acceptors (Lipinski definition) is 4. The van der Waals surface area contributed by atoms with Crippen molar-refractivity contribution in [3.05, 3.63) is 24.3 Å². The van der Waals surface area contributed by atoms with Gasteiger partial charge >= 0.3 is 0 Å². The topological polar surface area (TPSA) is 101 Å². The molecule has 21 heavy (non-hydrogen) atoms. The molecule has 1 aromatic rings. The summed E-state index contributed by atoms with van der Waals surface area (Å²) in [5, 5.41) is 2.87. The number of nitrogens with one attached hydrogen (secondary N) is 2. The quantitative estimate of drug-likeness (QED) is 0.764. The minimum absolute atomic E-state index is 0.00762. The Morgan fingerprint density at radius 3 is 2.43 bits per heavy atom. The Bertz CT molecular complexity index is 598. The SMILES string of the molecule is CS(=O)(=O)Nc1ccc(NC(=O)C2CCCC2CN)cc1. The molecule has 4 N–H and O–H groups in total. The van der Waals surface area contributed by atoms with E-state index in [4.69, 9.17) is 5.73 Å². The zero-order valence-electron chi connectivity index (χ0n) is 12.0. The van der Waals surface area contributed by atoms with Crippen LogP contribution >= 0.6 is 0 Å². The number of amides is 1. The zero-order valence-corrected chi connectivity index (χ0v) is 12.8. The van der Waals surface area contributed by atoms with Crippen LogP contribution < -0.4 is 15.8 Å². The van der Waals surface area contributed by atoms with Crippen LogP contribution in [0.2, 0.25) is 0 Å². The molecule has 0 aromatic heterocycles. The van der Waals surface area contributed by atoms with Crippen LogP contribution in [0.5, 0.6) is 0 Å². The van der Waals surface area contributed by atoms with Crippen LogP contribution in [0.3, 0.4) is 0 Å². The first-order chi connectivity index (χ1) is 9.89. The summed E-state index contributed by atoms with van der Waals surface area (Å²) in [6.07, 6.45) is 4.01. The van der Waals surface area contributed by atoms with Gasteiger partial charge in [0.15, 0.2) is 0 Å². The van der Waals surface area contributed by atoms with Crippen LogP contribution in [0, 0.1) is 11.8 Å². The van der Waals surface area contributed by atoms with Crippen molar-refractivity contribution in [3.8, 4) is 0 Å². The molecule has 0 bridgehead atoms. The lowest BCUT2D eigenvalue weighted by Crippen LogP contribution is -2.29. The third kappa shape index (κ3) is 4.44. The van der Waals surface area contributed by atoms with Crippen molar-refractivity contribution in [1.29, 1.82) is 0 Å². The number of carbonyl (C=O) groups is 1. The van der Waals surface area contributed by atoms with Gasteiger partial charge in [-0.25, -0.2) is 8.42 Å². The second-order valence-electron chi connectivity index (χ2n) is 5.47. The van der Waals surface area contributed by atoms with Crippen molar-refractivity contribution in [2.24, 2.45) is 17.6 Å². The van der Waals surface area contributed by atoms with Crippen LogP contribution in [0.15, 0.2) is 24.3 Å². The minimum atomic E-state index is -3.29. The van der Waals surface area contributed by atoms with Gasteiger partial charge in [-0.15, -0.1) is 0 Å². The van der Waals surface area contributed by atoms with Crippen molar-refractivity contribution in [3.63, 3.8) is 0 Å². The first kappa shape index (κ1) is 15.8. The van der Waals surface area contributed by atoms with Crippen molar-refractivity contribution in [2.75, 3.05) is 22.8 Å². The number of anilines is 2. The van der Waals surface area contributed by atoms with Gasteiger partial charge in [-0.1, -0.05) is 6.42 Å². The smallest absolute Gasteiger partial charge is 0.229 e. The molecule has 0 aliphatic heterocycles. The molecule has 7 heteroatoms. The number of hydrogen-bond donors (Lipinski definition) is 3. The molecule has 1 fully saturated rings. The molecule has 1 saturated carbocycles. The van der Waals surface area contributed by atoms with Gasteiger partial charge in [0.1, 0.15) is 0 Å². The van der Waals surface area contributed by atoms with E-state index < -0.39 is 10.0 Å². The maximum Gasteiger partial charge on any atom is 0.229 e. The summed E-state index contributed by atoms with van der Waals surface area (Å²) in [5.41, 5.74) is 6.81. The van der Waals surface area contributed by atoms with Gasteiger partial charge in [0.2, 0.25) is 15.9 Å². The fourth-order valence-electron chi connectivity index (χ4n) is 2.73. The lowest BCUT2D eigenvalue weighted by atomic mass is 9.95. The van der Waals surface area contributed by atoms with Gasteiger partial charge in [0.25, 0.3) is 0 Å². The maximum atomic E-state index is 12.2. The Labute approximate surface area is 125 Å². The molecule has 2 atom stereocenters. The molecular formula is C14H21N3O3S. The predicted molar refractivity (Wildman–Crippen MR) is 83.4 cm³/mol. The maximum absolute atomic E-state index is 12.2. The molecule has 1 aliphatic carbocycles. The predicted octanol–water partition coefficient (Wildman–Crippen LogP) is 1.37. The second kappa shape index (κ2) is 6.44. The third-order valence-electron chi connectivity index (χ3n) is 3.75. The largest absolute Gasteiger partial charge is 0.330 e. The highest BCUT2D eigenvalue weighted by Crippen LogP contribution is 2.31. The summed E-state index contributed by atoms with van der Waals surface area (Å²) in [6.45, 7) is 0.537. The Kier molecular flexibility index (Phi) is 4.84. The van der Waals surface area contributed by atoms with Gasteiger partial charge < -0.3 is 11.1 Å². The molecule has 2 rings (SSSR count). The lowest BCUT2D eigenvalue weighted by molar-refractivity contribution is -0.120. The average molecular weight is 311 g/mol. The van der Waals surface area contributed by atoms with E-state index in [2.05, 4.69) is 10.0 Å². The fraction of sp³-hybridized carbons (Fsp3) is 0.500. The normalized spacial score (nSPS) is 22.0. The van der Waals surface area contributed by atoms with Gasteiger partial charge in [-0.2, -0.15) is 0 Å². The van der Waals surface area contributed by atoms with Gasteiger partial charge in [0.05, 0.1) is 6.26 Å². The number of sulfonamides is 1. The molecule has 2 unspecified atom stereocenters. The van der Waals surface area contributed by atoms with Gasteiger partial charge in [-0.3, -0.25) is 9.52 Å². The van der Waals surface area contributed by atoms with E-state index in [0.717, 1.165) is 25.5 Å². The van der Waals surface area contributed by atoms with Crippen LogP contribution in [-0.2, 0) is 14.8 Å². The number of carbonyl (C=O) groups excluding carboxylic acids is 1. The van der Waals surface area contributed by atoms with E-state index in [1.807, 2.05) is 0 Å². The van der Waals surface area contributed by atoms with Crippen molar-refractivity contribution >= 4 is 27.3 Å². The summed E-state index contributed by atoms with van der Waals surface area (Å²) >= 11 is 0. The highest BCUT2D eigenvalue weighted by atomic mass is 32.2. The van der Waals surface area contributed by atoms with E-state index in [1.165, 1.54) is 0 Å². The molecule has 0 saturated heterocycles. The zero-order chi connectivity index (χ0) is 15.5. The molecule has 116 valence electrons.